The van der Waals surface area contributed by atoms with Crippen molar-refractivity contribution in [1.82, 2.24) is 0 Å². The molecule has 5 aromatic rings. The molecule has 5 rings (SSSR count). The fraction of sp³-hybridized carbons (Fsp3) is 0.167. The predicted molar refractivity (Wildman–Crippen MR) is 171 cm³/mol. The van der Waals surface area contributed by atoms with Gasteiger partial charge in [-0.3, -0.25) is 0 Å². The number of ether oxygens (including phenoxy) is 4. The first-order valence-corrected chi connectivity index (χ1v) is 13.7. The van der Waals surface area contributed by atoms with Gasteiger partial charge in [0.25, 0.3) is 0 Å². The summed E-state index contributed by atoms with van der Waals surface area (Å²) < 4.78 is 22.6. The molecule has 0 fully saturated rings. The molecule has 0 bridgehead atoms. The van der Waals surface area contributed by atoms with Gasteiger partial charge in [-0.1, -0.05) is 35.4 Å². The molecule has 0 spiro atoms. The molecule has 0 aliphatic rings. The third-order valence-corrected chi connectivity index (χ3v) is 7.21. The number of benzene rings is 5. The predicted octanol–water partition coefficient (Wildman–Crippen LogP) is 9.28. The lowest BCUT2D eigenvalue weighted by Crippen LogP contribution is -2.14. The van der Waals surface area contributed by atoms with Crippen LogP contribution < -0.4 is 28.7 Å². The third-order valence-electron chi connectivity index (χ3n) is 7.21. The first-order chi connectivity index (χ1) is 20.4. The van der Waals surface area contributed by atoms with Crippen molar-refractivity contribution in [2.24, 2.45) is 0 Å². The zero-order valence-corrected chi connectivity index (χ0v) is 24.9. The van der Waals surface area contributed by atoms with Crippen molar-refractivity contribution < 1.29 is 18.9 Å². The molecule has 6 nitrogen and oxygen atoms in total. The maximum Gasteiger partial charge on any atom is 0.146 e. The van der Waals surface area contributed by atoms with Gasteiger partial charge in [-0.15, -0.1) is 0 Å². The van der Waals surface area contributed by atoms with E-state index in [1.54, 1.807) is 28.4 Å². The molecule has 0 aliphatic carbocycles. The number of nitrogens with zero attached hydrogens (tertiary/aromatic N) is 2. The van der Waals surface area contributed by atoms with Crippen LogP contribution in [0, 0.1) is 13.8 Å². The Morgan fingerprint density at radius 3 is 1.05 bits per heavy atom. The van der Waals surface area contributed by atoms with Crippen LogP contribution in [0.25, 0.3) is 0 Å². The molecule has 0 unspecified atom stereocenters. The van der Waals surface area contributed by atoms with Crippen molar-refractivity contribution in [3.63, 3.8) is 0 Å². The Bertz CT molecular complexity index is 1530. The van der Waals surface area contributed by atoms with Gasteiger partial charge in [0, 0.05) is 34.9 Å². The highest BCUT2D eigenvalue weighted by molar-refractivity contribution is 5.85. The zero-order chi connectivity index (χ0) is 29.6. The molecular weight excluding hydrogens is 524 g/mol. The molecular formula is C36H36N2O4. The molecule has 42 heavy (non-hydrogen) atoms. The molecule has 0 saturated carbocycles. The van der Waals surface area contributed by atoms with E-state index in [2.05, 4.69) is 96.4 Å². The van der Waals surface area contributed by atoms with Gasteiger partial charge in [-0.25, -0.2) is 0 Å². The van der Waals surface area contributed by atoms with Crippen LogP contribution in [-0.4, -0.2) is 28.4 Å². The van der Waals surface area contributed by atoms with Gasteiger partial charge in [0.2, 0.25) is 0 Å². The van der Waals surface area contributed by atoms with Gasteiger partial charge in [0.1, 0.15) is 23.0 Å². The lowest BCUT2D eigenvalue weighted by atomic mass is 10.1. The Kier molecular flexibility index (Phi) is 8.53. The van der Waals surface area contributed by atoms with Crippen LogP contribution in [0.5, 0.6) is 23.0 Å². The van der Waals surface area contributed by atoms with E-state index < -0.39 is 0 Å². The van der Waals surface area contributed by atoms with Gasteiger partial charge in [0.15, 0.2) is 0 Å². The number of anilines is 6. The summed E-state index contributed by atoms with van der Waals surface area (Å²) in [7, 11) is 6.61. The Balaban J connectivity index is 1.65. The number of hydrogen-bond acceptors (Lipinski definition) is 6. The van der Waals surface area contributed by atoms with Gasteiger partial charge in [0.05, 0.1) is 39.8 Å². The summed E-state index contributed by atoms with van der Waals surface area (Å²) in [6, 6.07) is 37.2. The molecule has 0 amide bonds. The normalized spacial score (nSPS) is 10.6. The minimum atomic E-state index is 0.664. The van der Waals surface area contributed by atoms with E-state index in [4.69, 9.17) is 18.9 Å². The molecule has 0 radical (unpaired) electrons. The summed E-state index contributed by atoms with van der Waals surface area (Å²) in [5, 5.41) is 0. The van der Waals surface area contributed by atoms with Crippen molar-refractivity contribution in [2.75, 3.05) is 38.2 Å². The van der Waals surface area contributed by atoms with Crippen LogP contribution in [-0.2, 0) is 0 Å². The van der Waals surface area contributed by atoms with Crippen LogP contribution in [0.1, 0.15) is 11.1 Å². The van der Waals surface area contributed by atoms with Crippen LogP contribution in [0.2, 0.25) is 0 Å². The second-order valence-corrected chi connectivity index (χ2v) is 9.93. The van der Waals surface area contributed by atoms with E-state index in [0.717, 1.165) is 34.1 Å². The minimum absolute atomic E-state index is 0.664. The van der Waals surface area contributed by atoms with Crippen LogP contribution in [0.4, 0.5) is 34.1 Å². The van der Waals surface area contributed by atoms with E-state index in [0.29, 0.717) is 23.0 Å². The molecule has 6 heteroatoms. The lowest BCUT2D eigenvalue weighted by molar-refractivity contribution is 0.393. The van der Waals surface area contributed by atoms with Crippen molar-refractivity contribution in [3.05, 3.63) is 120 Å². The highest BCUT2D eigenvalue weighted by Gasteiger charge is 2.22. The smallest absolute Gasteiger partial charge is 0.146 e. The maximum absolute atomic E-state index is 5.83. The third kappa shape index (κ3) is 5.84. The summed E-state index contributed by atoms with van der Waals surface area (Å²) in [4.78, 5) is 4.37. The van der Waals surface area contributed by atoms with E-state index in [9.17, 15) is 0 Å². The molecule has 0 N–H and O–H groups in total. The number of rotatable bonds is 10. The van der Waals surface area contributed by atoms with Crippen molar-refractivity contribution in [1.29, 1.82) is 0 Å². The second-order valence-electron chi connectivity index (χ2n) is 9.93. The van der Waals surface area contributed by atoms with E-state index >= 15 is 0 Å². The van der Waals surface area contributed by atoms with E-state index in [1.807, 2.05) is 36.4 Å². The van der Waals surface area contributed by atoms with Crippen LogP contribution >= 0.6 is 0 Å². The van der Waals surface area contributed by atoms with Crippen LogP contribution in [0.3, 0.4) is 0 Å². The fourth-order valence-corrected chi connectivity index (χ4v) is 4.93. The van der Waals surface area contributed by atoms with E-state index in [-0.39, 0.29) is 0 Å². The monoisotopic (exact) mass is 560 g/mol. The quantitative estimate of drug-likeness (QED) is 0.170. The van der Waals surface area contributed by atoms with Crippen molar-refractivity contribution >= 4 is 34.1 Å². The Morgan fingerprint density at radius 1 is 0.381 bits per heavy atom. The first-order valence-electron chi connectivity index (χ1n) is 13.7. The maximum atomic E-state index is 5.83. The zero-order valence-electron chi connectivity index (χ0n) is 24.9. The molecule has 0 saturated heterocycles. The average Bonchev–Trinajstić information content (AvgIpc) is 3.04. The standard InChI is InChI=1S/C36H36N2O4/c1-25-7-11-27(12-8-25)37(28-13-9-26(2)10-14-28)29-15-17-30(18-16-29)38(33-21-19-31(39-3)23-35(33)41-5)34-22-20-32(40-4)24-36(34)42-6/h7-24H,1-6H3. The summed E-state index contributed by atoms with van der Waals surface area (Å²) >= 11 is 0. The topological polar surface area (TPSA) is 43.4 Å². The number of aryl methyl sites for hydroxylation is 2. The van der Waals surface area contributed by atoms with Gasteiger partial charge >= 0.3 is 0 Å². The summed E-state index contributed by atoms with van der Waals surface area (Å²) in [5.41, 5.74) is 8.25. The molecule has 0 atom stereocenters. The summed E-state index contributed by atoms with van der Waals surface area (Å²) in [6.45, 7) is 4.20. The fourth-order valence-electron chi connectivity index (χ4n) is 4.93. The highest BCUT2D eigenvalue weighted by Crippen LogP contribution is 2.46. The Hall–Kier alpha value is -5.10. The molecule has 0 heterocycles. The SMILES string of the molecule is COc1ccc(N(c2ccc(N(c3ccc(C)cc3)c3ccc(C)cc3)cc2)c2ccc(OC)cc2OC)c(OC)c1. The lowest BCUT2D eigenvalue weighted by Gasteiger charge is -2.30. The Morgan fingerprint density at radius 2 is 0.714 bits per heavy atom. The van der Waals surface area contributed by atoms with Crippen LogP contribution in [0.15, 0.2) is 109 Å². The highest BCUT2D eigenvalue weighted by atomic mass is 16.5. The van der Waals surface area contributed by atoms with Gasteiger partial charge in [-0.2, -0.15) is 0 Å². The molecule has 0 aliphatic heterocycles. The Labute approximate surface area is 248 Å². The number of methoxy groups -OCH3 is 4. The molecule has 214 valence electrons. The minimum Gasteiger partial charge on any atom is -0.497 e. The van der Waals surface area contributed by atoms with Gasteiger partial charge in [-0.05, 0) is 86.6 Å². The molecule has 5 aromatic carbocycles. The van der Waals surface area contributed by atoms with Gasteiger partial charge < -0.3 is 28.7 Å². The average molecular weight is 561 g/mol. The van der Waals surface area contributed by atoms with Crippen molar-refractivity contribution in [2.45, 2.75) is 13.8 Å². The van der Waals surface area contributed by atoms with E-state index in [1.165, 1.54) is 11.1 Å². The molecule has 0 aromatic heterocycles. The largest absolute Gasteiger partial charge is 0.497 e. The van der Waals surface area contributed by atoms with Crippen molar-refractivity contribution in [3.8, 4) is 23.0 Å². The summed E-state index contributed by atoms with van der Waals surface area (Å²) in [6.07, 6.45) is 0. The summed E-state index contributed by atoms with van der Waals surface area (Å²) in [5.74, 6) is 2.74. The number of hydrogen-bond donors (Lipinski definition) is 0. The second kappa shape index (κ2) is 12.6. The first kappa shape index (κ1) is 28.4.